The quantitative estimate of drug-likeness (QED) is 0.513. The van der Waals surface area contributed by atoms with Gasteiger partial charge >= 0.3 is 0 Å². The predicted octanol–water partition coefficient (Wildman–Crippen LogP) is 4.78. The summed E-state index contributed by atoms with van der Waals surface area (Å²) < 4.78 is 11.6. The Hall–Kier alpha value is -3.58. The van der Waals surface area contributed by atoms with Crippen LogP contribution in [-0.2, 0) is 0 Å². The Bertz CT molecular complexity index is 1230. The summed E-state index contributed by atoms with van der Waals surface area (Å²) in [5.74, 6) is 2.83. The molecule has 1 aromatic heterocycles. The Kier molecular flexibility index (Phi) is 5.88. The molecule has 2 aliphatic heterocycles. The van der Waals surface area contributed by atoms with Crippen LogP contribution in [0, 0.1) is 0 Å². The second kappa shape index (κ2) is 9.11. The van der Waals surface area contributed by atoms with E-state index in [2.05, 4.69) is 9.88 Å². The van der Waals surface area contributed by atoms with Crippen molar-refractivity contribution >= 4 is 29.0 Å². The summed E-state index contributed by atoms with van der Waals surface area (Å²) in [6.07, 6.45) is 2.39. The number of benzene rings is 2. The molecule has 7 nitrogen and oxygen atoms in total. The minimum Gasteiger partial charge on any atom is -0.497 e. The number of para-hydroxylation sites is 2. The first-order chi connectivity index (χ1) is 16.1. The summed E-state index contributed by atoms with van der Waals surface area (Å²) in [7, 11) is 1.64. The molecule has 8 heteroatoms. The van der Waals surface area contributed by atoms with Crippen molar-refractivity contribution in [3.63, 3.8) is 0 Å². The number of aromatic nitrogens is 1. The van der Waals surface area contributed by atoms with Gasteiger partial charge in [0.05, 0.1) is 18.2 Å². The zero-order valence-corrected chi connectivity index (χ0v) is 19.0. The number of amidine groups is 1. The average Bonchev–Trinajstić information content (AvgIpc) is 3.18. The first-order valence-electron chi connectivity index (χ1n) is 10.8. The smallest absolute Gasteiger partial charge is 0.257 e. The SMILES string of the molecule is COc1ccc2c(c1)Oc1ccccc1N=C2N1CCCN(C(=O)c2cccnc2Cl)CC1. The van der Waals surface area contributed by atoms with E-state index in [1.165, 1.54) is 0 Å². The third-order valence-electron chi connectivity index (χ3n) is 5.81. The first kappa shape index (κ1) is 21.3. The third kappa shape index (κ3) is 4.24. The predicted molar refractivity (Wildman–Crippen MR) is 127 cm³/mol. The lowest BCUT2D eigenvalue weighted by atomic mass is 10.1. The van der Waals surface area contributed by atoms with Gasteiger partial charge in [-0.3, -0.25) is 4.79 Å². The van der Waals surface area contributed by atoms with Gasteiger partial charge in [0.1, 0.15) is 28.2 Å². The zero-order valence-electron chi connectivity index (χ0n) is 18.2. The number of hydrogen-bond donors (Lipinski definition) is 0. The maximum absolute atomic E-state index is 13.1. The van der Waals surface area contributed by atoms with E-state index in [1.54, 1.807) is 25.4 Å². The standard InChI is InChI=1S/C25H23ClN4O3/c1-32-17-9-10-18-22(16-17)33-21-8-3-2-7-20(21)28-24(18)29-12-5-13-30(15-14-29)25(31)19-6-4-11-27-23(19)26/h2-4,6-11,16H,5,12-15H2,1H3. The van der Waals surface area contributed by atoms with Crippen LogP contribution >= 0.6 is 11.6 Å². The van der Waals surface area contributed by atoms with Crippen LogP contribution in [0.2, 0.25) is 5.15 Å². The molecular weight excluding hydrogens is 440 g/mol. The average molecular weight is 463 g/mol. The van der Waals surface area contributed by atoms with Gasteiger partial charge < -0.3 is 19.3 Å². The summed E-state index contributed by atoms with van der Waals surface area (Å²) in [6, 6.07) is 16.9. The Morgan fingerprint density at radius 2 is 1.91 bits per heavy atom. The normalized spacial score (nSPS) is 15.4. The number of aliphatic imine (C=N–C) groups is 1. The van der Waals surface area contributed by atoms with Gasteiger partial charge in [0, 0.05) is 38.4 Å². The second-order valence-corrected chi connectivity index (χ2v) is 8.20. The number of hydrogen-bond acceptors (Lipinski definition) is 6. The number of ether oxygens (including phenoxy) is 2. The molecule has 168 valence electrons. The molecule has 1 saturated heterocycles. The van der Waals surface area contributed by atoms with Crippen molar-refractivity contribution in [2.45, 2.75) is 6.42 Å². The molecule has 33 heavy (non-hydrogen) atoms. The maximum atomic E-state index is 13.1. The zero-order chi connectivity index (χ0) is 22.8. The molecule has 0 atom stereocenters. The van der Waals surface area contributed by atoms with Gasteiger partial charge in [-0.25, -0.2) is 9.98 Å². The van der Waals surface area contributed by atoms with Gasteiger partial charge in [-0.1, -0.05) is 23.7 Å². The van der Waals surface area contributed by atoms with Crippen LogP contribution in [0.5, 0.6) is 17.2 Å². The Morgan fingerprint density at radius 1 is 1.03 bits per heavy atom. The molecule has 0 spiro atoms. The minimum atomic E-state index is -0.100. The molecule has 0 saturated carbocycles. The summed E-state index contributed by atoms with van der Waals surface area (Å²) >= 11 is 6.16. The van der Waals surface area contributed by atoms with Crippen molar-refractivity contribution in [1.29, 1.82) is 0 Å². The monoisotopic (exact) mass is 462 g/mol. The molecule has 0 unspecified atom stereocenters. The minimum absolute atomic E-state index is 0.100. The Morgan fingerprint density at radius 3 is 2.76 bits per heavy atom. The van der Waals surface area contributed by atoms with Crippen molar-refractivity contribution in [2.24, 2.45) is 4.99 Å². The topological polar surface area (TPSA) is 67.3 Å². The number of halogens is 1. The van der Waals surface area contributed by atoms with Gasteiger partial charge in [-0.15, -0.1) is 0 Å². The van der Waals surface area contributed by atoms with Crippen molar-refractivity contribution in [2.75, 3.05) is 33.3 Å². The number of pyridine rings is 1. The highest BCUT2D eigenvalue weighted by molar-refractivity contribution is 6.32. The summed E-state index contributed by atoms with van der Waals surface area (Å²) in [6.45, 7) is 2.58. The number of rotatable bonds is 2. The van der Waals surface area contributed by atoms with Gasteiger partial charge in [0.25, 0.3) is 5.91 Å². The lowest BCUT2D eigenvalue weighted by Gasteiger charge is -2.25. The molecule has 3 heterocycles. The summed E-state index contributed by atoms with van der Waals surface area (Å²) in [5, 5.41) is 0.230. The fourth-order valence-electron chi connectivity index (χ4n) is 4.12. The Labute approximate surface area is 197 Å². The van der Waals surface area contributed by atoms with Crippen LogP contribution in [0.1, 0.15) is 22.3 Å². The third-order valence-corrected chi connectivity index (χ3v) is 6.11. The van der Waals surface area contributed by atoms with Crippen molar-refractivity contribution < 1.29 is 14.3 Å². The molecule has 0 aliphatic carbocycles. The number of carbonyl (C=O) groups excluding carboxylic acids is 1. The van der Waals surface area contributed by atoms with Crippen LogP contribution < -0.4 is 9.47 Å². The van der Waals surface area contributed by atoms with E-state index in [-0.39, 0.29) is 11.1 Å². The van der Waals surface area contributed by atoms with Crippen LogP contribution in [0.25, 0.3) is 0 Å². The van der Waals surface area contributed by atoms with Crippen LogP contribution in [0.4, 0.5) is 5.69 Å². The Balaban J connectivity index is 1.45. The highest BCUT2D eigenvalue weighted by atomic mass is 35.5. The number of carbonyl (C=O) groups is 1. The molecule has 0 N–H and O–H groups in total. The van der Waals surface area contributed by atoms with Gasteiger partial charge in [0.15, 0.2) is 5.75 Å². The van der Waals surface area contributed by atoms with E-state index in [0.717, 1.165) is 30.1 Å². The van der Waals surface area contributed by atoms with Gasteiger partial charge in [0.2, 0.25) is 0 Å². The largest absolute Gasteiger partial charge is 0.497 e. The van der Waals surface area contributed by atoms with E-state index in [0.29, 0.717) is 42.4 Å². The lowest BCUT2D eigenvalue weighted by molar-refractivity contribution is 0.0764. The molecule has 2 aromatic carbocycles. The molecule has 0 bridgehead atoms. The fraction of sp³-hybridized carbons (Fsp3) is 0.240. The highest BCUT2D eigenvalue weighted by Crippen LogP contribution is 2.39. The maximum Gasteiger partial charge on any atom is 0.257 e. The van der Waals surface area contributed by atoms with Crippen LogP contribution in [0.15, 0.2) is 65.8 Å². The van der Waals surface area contributed by atoms with Crippen LogP contribution in [-0.4, -0.2) is 59.8 Å². The molecule has 5 rings (SSSR count). The second-order valence-electron chi connectivity index (χ2n) is 7.84. The molecule has 2 aliphatic rings. The van der Waals surface area contributed by atoms with Gasteiger partial charge in [-0.05, 0) is 42.8 Å². The number of methoxy groups -OCH3 is 1. The molecular formula is C25H23ClN4O3. The molecule has 3 aromatic rings. The molecule has 1 amide bonds. The van der Waals surface area contributed by atoms with Crippen LogP contribution in [0.3, 0.4) is 0 Å². The number of nitrogens with zero attached hydrogens (tertiary/aromatic N) is 4. The van der Waals surface area contributed by atoms with E-state index in [1.807, 2.05) is 47.4 Å². The first-order valence-corrected chi connectivity index (χ1v) is 11.2. The van der Waals surface area contributed by atoms with E-state index in [4.69, 9.17) is 26.1 Å². The highest BCUT2D eigenvalue weighted by Gasteiger charge is 2.27. The van der Waals surface area contributed by atoms with Gasteiger partial charge in [-0.2, -0.15) is 0 Å². The lowest BCUT2D eigenvalue weighted by Crippen LogP contribution is -2.37. The van der Waals surface area contributed by atoms with E-state index >= 15 is 0 Å². The van der Waals surface area contributed by atoms with E-state index in [9.17, 15) is 4.79 Å². The van der Waals surface area contributed by atoms with Crippen molar-refractivity contribution in [1.82, 2.24) is 14.8 Å². The number of amides is 1. The molecule has 1 fully saturated rings. The van der Waals surface area contributed by atoms with Crippen molar-refractivity contribution in [3.05, 3.63) is 77.1 Å². The van der Waals surface area contributed by atoms with E-state index < -0.39 is 0 Å². The summed E-state index contributed by atoms with van der Waals surface area (Å²) in [5.41, 5.74) is 2.09. The number of fused-ring (bicyclic) bond motifs is 2. The summed E-state index contributed by atoms with van der Waals surface area (Å²) in [4.78, 5) is 26.1. The fourth-order valence-corrected chi connectivity index (χ4v) is 4.32. The van der Waals surface area contributed by atoms with Crippen molar-refractivity contribution in [3.8, 4) is 17.2 Å². The molecule has 0 radical (unpaired) electrons.